The molecule has 0 spiro atoms. The predicted molar refractivity (Wildman–Crippen MR) is 106 cm³/mol. The van der Waals surface area contributed by atoms with E-state index in [0.29, 0.717) is 31.3 Å². The van der Waals surface area contributed by atoms with Crippen molar-refractivity contribution in [2.45, 2.75) is 0 Å². The lowest BCUT2D eigenvalue weighted by Crippen LogP contribution is -2.32. The Hall–Kier alpha value is -1.66. The van der Waals surface area contributed by atoms with Crippen molar-refractivity contribution in [3.63, 3.8) is 0 Å². The highest BCUT2D eigenvalue weighted by molar-refractivity contribution is 8.18. The zero-order valence-corrected chi connectivity index (χ0v) is 16.3. The van der Waals surface area contributed by atoms with Crippen molar-refractivity contribution in [2.24, 2.45) is 0 Å². The molecule has 0 unspecified atom stereocenters. The van der Waals surface area contributed by atoms with Crippen LogP contribution in [0.25, 0.3) is 6.08 Å². The van der Waals surface area contributed by atoms with Crippen molar-refractivity contribution in [1.29, 1.82) is 0 Å². The van der Waals surface area contributed by atoms with Gasteiger partial charge < -0.3 is 4.74 Å². The van der Waals surface area contributed by atoms with E-state index in [9.17, 15) is 9.59 Å². The number of thioether (sulfide) groups is 1. The van der Waals surface area contributed by atoms with Gasteiger partial charge in [-0.3, -0.25) is 14.5 Å². The summed E-state index contributed by atoms with van der Waals surface area (Å²) < 4.78 is 5.54. The Morgan fingerprint density at radius 1 is 1.00 bits per heavy atom. The van der Waals surface area contributed by atoms with E-state index in [0.717, 1.165) is 16.7 Å². The highest BCUT2D eigenvalue weighted by atomic mass is 35.5. The van der Waals surface area contributed by atoms with Gasteiger partial charge in [-0.1, -0.05) is 40.9 Å². The molecule has 0 bridgehead atoms. The fourth-order valence-corrected chi connectivity index (χ4v) is 3.68. The number of hydrogen-bond acceptors (Lipinski definition) is 4. The minimum absolute atomic E-state index is 0.152. The van der Waals surface area contributed by atoms with Gasteiger partial charge in [0.15, 0.2) is 0 Å². The molecule has 0 radical (unpaired) electrons. The molecule has 26 heavy (non-hydrogen) atoms. The first-order valence-electron chi connectivity index (χ1n) is 7.53. The van der Waals surface area contributed by atoms with Crippen LogP contribution in [0.5, 0.6) is 5.75 Å². The van der Waals surface area contributed by atoms with Crippen LogP contribution in [0, 0.1) is 0 Å². The Morgan fingerprint density at radius 3 is 2.38 bits per heavy atom. The fourth-order valence-electron chi connectivity index (χ4n) is 2.24. The van der Waals surface area contributed by atoms with Crippen LogP contribution in [-0.2, 0) is 4.79 Å². The Bertz CT molecular complexity index is 884. The molecule has 0 N–H and O–H groups in total. The normalized spacial score (nSPS) is 15.8. The molecule has 0 atom stereocenters. The Balaban J connectivity index is 1.64. The van der Waals surface area contributed by atoms with Gasteiger partial charge in [-0.05, 0) is 59.8 Å². The zero-order chi connectivity index (χ0) is 18.7. The van der Waals surface area contributed by atoms with Crippen molar-refractivity contribution in [1.82, 2.24) is 4.90 Å². The molecule has 4 nitrogen and oxygen atoms in total. The van der Waals surface area contributed by atoms with E-state index >= 15 is 0 Å². The molecule has 2 aromatic rings. The first kappa shape index (κ1) is 19.1. The van der Waals surface area contributed by atoms with Gasteiger partial charge in [0.1, 0.15) is 12.4 Å². The van der Waals surface area contributed by atoms with Crippen molar-refractivity contribution in [3.05, 3.63) is 68.0 Å². The lowest BCUT2D eigenvalue weighted by molar-refractivity contribution is -0.123. The molecule has 1 fully saturated rings. The molecular weight excluding hydrogens is 417 g/mol. The molecule has 3 rings (SSSR count). The van der Waals surface area contributed by atoms with E-state index in [-0.39, 0.29) is 24.3 Å². The molecule has 0 aliphatic carbocycles. The fraction of sp³-hybridized carbons (Fsp3) is 0.111. The van der Waals surface area contributed by atoms with Crippen LogP contribution >= 0.6 is 46.6 Å². The van der Waals surface area contributed by atoms with Crippen LogP contribution < -0.4 is 4.74 Å². The van der Waals surface area contributed by atoms with Crippen LogP contribution in [0.3, 0.4) is 0 Å². The number of ether oxygens (including phenoxy) is 1. The number of halogens is 3. The summed E-state index contributed by atoms with van der Waals surface area (Å²) in [6, 6.07) is 11.8. The highest BCUT2D eigenvalue weighted by Crippen LogP contribution is 2.33. The van der Waals surface area contributed by atoms with Crippen molar-refractivity contribution < 1.29 is 14.3 Å². The van der Waals surface area contributed by atoms with E-state index in [4.69, 9.17) is 39.5 Å². The maximum absolute atomic E-state index is 12.5. The summed E-state index contributed by atoms with van der Waals surface area (Å²) >= 11 is 18.7. The average Bonchev–Trinajstić information content (AvgIpc) is 2.86. The molecule has 134 valence electrons. The Kier molecular flexibility index (Phi) is 6.14. The van der Waals surface area contributed by atoms with Crippen LogP contribution in [-0.4, -0.2) is 29.2 Å². The zero-order valence-electron chi connectivity index (χ0n) is 13.2. The standard InChI is InChI=1S/C18H12Cl3NO3S/c19-12-3-5-14(6-4-12)25-8-7-22-17(23)16(26-18(22)24)9-11-1-2-13(20)10-15(11)21/h1-6,9-10H,7-8H2/b16-9-. The quantitative estimate of drug-likeness (QED) is 0.568. The summed E-state index contributed by atoms with van der Waals surface area (Å²) in [5, 5.41) is 1.18. The van der Waals surface area contributed by atoms with Gasteiger partial charge in [0.05, 0.1) is 11.4 Å². The molecule has 2 aromatic carbocycles. The second kappa shape index (κ2) is 8.35. The third-order valence-corrected chi connectivity index (χ3v) is 5.24. The third kappa shape index (κ3) is 4.54. The number of carbonyl (C=O) groups is 2. The van der Waals surface area contributed by atoms with Gasteiger partial charge >= 0.3 is 0 Å². The number of nitrogens with zero attached hydrogens (tertiary/aromatic N) is 1. The first-order valence-corrected chi connectivity index (χ1v) is 9.48. The highest BCUT2D eigenvalue weighted by Gasteiger charge is 2.34. The minimum atomic E-state index is -0.370. The van der Waals surface area contributed by atoms with Crippen molar-refractivity contribution >= 4 is 63.8 Å². The van der Waals surface area contributed by atoms with Gasteiger partial charge in [0.2, 0.25) is 0 Å². The van der Waals surface area contributed by atoms with Crippen molar-refractivity contribution in [2.75, 3.05) is 13.2 Å². The monoisotopic (exact) mass is 427 g/mol. The van der Waals surface area contributed by atoms with E-state index < -0.39 is 0 Å². The molecule has 0 saturated carbocycles. The van der Waals surface area contributed by atoms with Gasteiger partial charge in [0.25, 0.3) is 11.1 Å². The van der Waals surface area contributed by atoms with Gasteiger partial charge in [-0.25, -0.2) is 0 Å². The minimum Gasteiger partial charge on any atom is -0.492 e. The molecule has 0 aromatic heterocycles. The molecule has 8 heteroatoms. The number of carbonyl (C=O) groups excluding carboxylic acids is 2. The summed E-state index contributed by atoms with van der Waals surface area (Å²) in [5.41, 5.74) is 0.624. The van der Waals surface area contributed by atoms with Crippen LogP contribution in [0.4, 0.5) is 4.79 Å². The number of imide groups is 1. The largest absolute Gasteiger partial charge is 0.492 e. The van der Waals surface area contributed by atoms with E-state index in [1.807, 2.05) is 0 Å². The second-order valence-corrected chi connectivity index (χ2v) is 7.57. The maximum Gasteiger partial charge on any atom is 0.293 e. The summed E-state index contributed by atoms with van der Waals surface area (Å²) in [4.78, 5) is 26.0. The molecule has 1 aliphatic rings. The number of hydrogen-bond donors (Lipinski definition) is 0. The van der Waals surface area contributed by atoms with E-state index in [1.54, 1.807) is 48.5 Å². The number of amides is 2. The first-order chi connectivity index (χ1) is 12.4. The molecular formula is C18H12Cl3NO3S. The summed E-state index contributed by atoms with van der Waals surface area (Å²) in [6.07, 6.45) is 1.59. The maximum atomic E-state index is 12.5. The smallest absolute Gasteiger partial charge is 0.293 e. The molecule has 1 aliphatic heterocycles. The lowest BCUT2D eigenvalue weighted by atomic mass is 10.2. The predicted octanol–water partition coefficient (Wildman–Crippen LogP) is 5.76. The number of rotatable bonds is 5. The average molecular weight is 429 g/mol. The second-order valence-electron chi connectivity index (χ2n) is 5.30. The van der Waals surface area contributed by atoms with Crippen LogP contribution in [0.1, 0.15) is 5.56 Å². The number of benzene rings is 2. The van der Waals surface area contributed by atoms with Gasteiger partial charge in [0, 0.05) is 15.1 Å². The summed E-state index contributed by atoms with van der Waals surface area (Å²) in [7, 11) is 0. The van der Waals surface area contributed by atoms with E-state index in [1.165, 1.54) is 0 Å². The summed E-state index contributed by atoms with van der Waals surface area (Å²) in [6.45, 7) is 0.341. The van der Waals surface area contributed by atoms with Crippen LogP contribution in [0.2, 0.25) is 15.1 Å². The van der Waals surface area contributed by atoms with Crippen LogP contribution in [0.15, 0.2) is 47.4 Å². The topological polar surface area (TPSA) is 46.6 Å². The molecule has 1 saturated heterocycles. The SMILES string of the molecule is O=C1S/C(=C\c2ccc(Cl)cc2Cl)C(=O)N1CCOc1ccc(Cl)cc1. The van der Waals surface area contributed by atoms with Crippen molar-refractivity contribution in [3.8, 4) is 5.75 Å². The molecule has 2 amide bonds. The van der Waals surface area contributed by atoms with E-state index in [2.05, 4.69) is 0 Å². The lowest BCUT2D eigenvalue weighted by Gasteiger charge is -2.13. The molecule has 1 heterocycles. The van der Waals surface area contributed by atoms with Gasteiger partial charge in [-0.2, -0.15) is 0 Å². The third-order valence-electron chi connectivity index (χ3n) is 3.52. The van der Waals surface area contributed by atoms with Gasteiger partial charge in [-0.15, -0.1) is 0 Å². The Labute approximate surface area is 169 Å². The Morgan fingerprint density at radius 2 is 1.69 bits per heavy atom. The summed E-state index contributed by atoms with van der Waals surface area (Å²) in [5.74, 6) is 0.246.